The summed E-state index contributed by atoms with van der Waals surface area (Å²) in [7, 11) is 0. The second-order valence-corrected chi connectivity index (χ2v) is 11.7. The number of thioether (sulfide) groups is 1. The van der Waals surface area contributed by atoms with Crippen LogP contribution in [0.5, 0.6) is 0 Å². The Morgan fingerprint density at radius 1 is 0.745 bits per heavy atom. The van der Waals surface area contributed by atoms with Gasteiger partial charge in [-0.3, -0.25) is 24.5 Å². The van der Waals surface area contributed by atoms with E-state index >= 15 is 0 Å². The molecular weight excluding hydrogens is 612 g/mol. The molecule has 0 fully saturated rings. The first-order valence-corrected chi connectivity index (χ1v) is 15.5. The molecule has 47 heavy (non-hydrogen) atoms. The summed E-state index contributed by atoms with van der Waals surface area (Å²) in [5.41, 5.74) is 3.78. The van der Waals surface area contributed by atoms with E-state index in [-0.39, 0.29) is 17.3 Å². The topological polar surface area (TPSA) is 130 Å². The highest BCUT2D eigenvalue weighted by atomic mass is 32.2. The number of nitro benzene ring substituents is 1. The second-order valence-electron chi connectivity index (χ2n) is 10.5. The maximum Gasteiger partial charge on any atom is 0.272 e. The van der Waals surface area contributed by atoms with Gasteiger partial charge in [0, 0.05) is 34.0 Å². The van der Waals surface area contributed by atoms with Crippen LogP contribution >= 0.6 is 11.8 Å². The van der Waals surface area contributed by atoms with Crippen LogP contribution in [-0.2, 0) is 9.59 Å². The van der Waals surface area contributed by atoms with Crippen LogP contribution in [0.4, 0.5) is 17.1 Å². The Hall–Kier alpha value is -6.00. The summed E-state index contributed by atoms with van der Waals surface area (Å²) in [6.45, 7) is 1.94. The van der Waals surface area contributed by atoms with Gasteiger partial charge in [-0.25, -0.2) is 0 Å². The molecule has 0 saturated heterocycles. The standard InChI is InChI=1S/C37H30N4O5S/c1-25-10-8-11-26(22-25)23-33(40-35(42)28-14-6-3-7-15-28)36(43)39-30-16-9-17-32(24-30)47-34(27-12-4-2-5-13-27)37(44)38-29-18-20-31(21-19-29)41(45)46/h2-24,34H,1H3,(H,38,44)(H,39,43)(H,40,42)/b33-23+. The van der Waals surface area contributed by atoms with Gasteiger partial charge in [0.25, 0.3) is 17.5 Å². The molecule has 0 spiro atoms. The fourth-order valence-corrected chi connectivity index (χ4v) is 5.71. The van der Waals surface area contributed by atoms with Gasteiger partial charge >= 0.3 is 0 Å². The third-order valence-electron chi connectivity index (χ3n) is 6.91. The predicted octanol–water partition coefficient (Wildman–Crippen LogP) is 7.78. The number of rotatable bonds is 11. The Morgan fingerprint density at radius 2 is 1.43 bits per heavy atom. The van der Waals surface area contributed by atoms with Crippen LogP contribution in [0.25, 0.3) is 6.08 Å². The number of nitrogens with zero attached hydrogens (tertiary/aromatic N) is 1. The number of carbonyl (C=O) groups is 3. The van der Waals surface area contributed by atoms with Gasteiger partial charge in [-0.05, 0) is 66.6 Å². The highest BCUT2D eigenvalue weighted by molar-refractivity contribution is 8.00. The molecule has 5 aromatic carbocycles. The van der Waals surface area contributed by atoms with Crippen molar-refractivity contribution < 1.29 is 19.3 Å². The molecule has 3 amide bonds. The van der Waals surface area contributed by atoms with Crippen molar-refractivity contribution in [3.63, 3.8) is 0 Å². The van der Waals surface area contributed by atoms with Crippen LogP contribution in [0.15, 0.2) is 144 Å². The first-order valence-electron chi connectivity index (χ1n) is 14.6. The maximum absolute atomic E-state index is 13.6. The molecule has 0 bridgehead atoms. The van der Waals surface area contributed by atoms with E-state index < -0.39 is 22.0 Å². The van der Waals surface area contributed by atoms with Gasteiger partial charge in [0.15, 0.2) is 0 Å². The number of benzene rings is 5. The summed E-state index contributed by atoms with van der Waals surface area (Å²) < 4.78 is 0. The molecule has 0 aliphatic heterocycles. The van der Waals surface area contributed by atoms with Crippen LogP contribution in [0.3, 0.4) is 0 Å². The summed E-state index contributed by atoms with van der Waals surface area (Å²) in [4.78, 5) is 51.4. The van der Waals surface area contributed by atoms with Crippen molar-refractivity contribution in [3.05, 3.63) is 172 Å². The van der Waals surface area contributed by atoms with Gasteiger partial charge in [0.05, 0.1) is 4.92 Å². The number of hydrogen-bond donors (Lipinski definition) is 3. The molecule has 5 rings (SSSR count). The van der Waals surface area contributed by atoms with Crippen LogP contribution in [0.2, 0.25) is 0 Å². The van der Waals surface area contributed by atoms with Crippen molar-refractivity contribution in [1.29, 1.82) is 0 Å². The molecule has 0 heterocycles. The second kappa shape index (κ2) is 15.3. The van der Waals surface area contributed by atoms with Crippen molar-refractivity contribution in [2.75, 3.05) is 10.6 Å². The average molecular weight is 643 g/mol. The van der Waals surface area contributed by atoms with Crippen molar-refractivity contribution in [1.82, 2.24) is 5.32 Å². The Kier molecular flexibility index (Phi) is 10.6. The van der Waals surface area contributed by atoms with E-state index in [2.05, 4.69) is 16.0 Å². The van der Waals surface area contributed by atoms with Gasteiger partial charge in [0.2, 0.25) is 5.91 Å². The number of amides is 3. The highest BCUT2D eigenvalue weighted by Crippen LogP contribution is 2.37. The summed E-state index contributed by atoms with van der Waals surface area (Å²) in [5, 5.41) is 18.8. The van der Waals surface area contributed by atoms with E-state index in [1.165, 1.54) is 36.0 Å². The fraction of sp³-hybridized carbons (Fsp3) is 0.0541. The average Bonchev–Trinajstić information content (AvgIpc) is 3.08. The largest absolute Gasteiger partial charge is 0.325 e. The van der Waals surface area contributed by atoms with E-state index in [1.807, 2.05) is 67.6 Å². The predicted molar refractivity (Wildman–Crippen MR) is 185 cm³/mol. The number of non-ortho nitro benzene ring substituents is 1. The molecule has 0 aliphatic carbocycles. The summed E-state index contributed by atoms with van der Waals surface area (Å²) in [6.07, 6.45) is 1.62. The Balaban J connectivity index is 1.36. The van der Waals surface area contributed by atoms with Crippen LogP contribution in [0.1, 0.15) is 32.3 Å². The van der Waals surface area contributed by atoms with Crippen LogP contribution < -0.4 is 16.0 Å². The first-order chi connectivity index (χ1) is 22.7. The Morgan fingerprint density at radius 3 is 2.11 bits per heavy atom. The number of anilines is 2. The third-order valence-corrected chi connectivity index (χ3v) is 8.16. The lowest BCUT2D eigenvalue weighted by atomic mass is 10.1. The zero-order valence-corrected chi connectivity index (χ0v) is 26.1. The molecule has 9 nitrogen and oxygen atoms in total. The van der Waals surface area contributed by atoms with Crippen molar-refractivity contribution in [2.45, 2.75) is 17.1 Å². The van der Waals surface area contributed by atoms with Crippen molar-refractivity contribution in [3.8, 4) is 0 Å². The van der Waals surface area contributed by atoms with E-state index in [4.69, 9.17) is 0 Å². The minimum Gasteiger partial charge on any atom is -0.325 e. The number of hydrogen-bond acceptors (Lipinski definition) is 6. The van der Waals surface area contributed by atoms with Gasteiger partial charge in [-0.1, -0.05) is 84.4 Å². The minimum absolute atomic E-state index is 0.0622. The molecule has 0 aromatic heterocycles. The number of nitro groups is 1. The van der Waals surface area contributed by atoms with Gasteiger partial charge < -0.3 is 16.0 Å². The lowest BCUT2D eigenvalue weighted by Gasteiger charge is -2.18. The minimum atomic E-state index is -0.681. The zero-order valence-electron chi connectivity index (χ0n) is 25.3. The molecule has 0 saturated carbocycles. The van der Waals surface area contributed by atoms with Crippen molar-refractivity contribution >= 4 is 52.6 Å². The summed E-state index contributed by atoms with van der Waals surface area (Å²) >= 11 is 1.28. The Labute approximate surface area is 275 Å². The number of carbonyl (C=O) groups excluding carboxylic acids is 3. The summed E-state index contributed by atoms with van der Waals surface area (Å²) in [6, 6.07) is 38.1. The lowest BCUT2D eigenvalue weighted by Crippen LogP contribution is -2.30. The fourth-order valence-electron chi connectivity index (χ4n) is 4.63. The van der Waals surface area contributed by atoms with E-state index in [1.54, 1.807) is 54.6 Å². The van der Waals surface area contributed by atoms with Crippen molar-refractivity contribution in [2.24, 2.45) is 0 Å². The first kappa shape index (κ1) is 32.4. The smallest absolute Gasteiger partial charge is 0.272 e. The molecule has 3 N–H and O–H groups in total. The molecule has 10 heteroatoms. The van der Waals surface area contributed by atoms with Crippen LogP contribution in [0, 0.1) is 17.0 Å². The van der Waals surface area contributed by atoms with Gasteiger partial charge in [-0.15, -0.1) is 11.8 Å². The van der Waals surface area contributed by atoms with E-state index in [0.717, 1.165) is 16.7 Å². The molecule has 234 valence electrons. The van der Waals surface area contributed by atoms with E-state index in [9.17, 15) is 24.5 Å². The third kappa shape index (κ3) is 9.03. The molecular formula is C37H30N4O5S. The highest BCUT2D eigenvalue weighted by Gasteiger charge is 2.23. The normalized spacial score (nSPS) is 11.6. The monoisotopic (exact) mass is 642 g/mol. The summed E-state index contributed by atoms with van der Waals surface area (Å²) in [5.74, 6) is -1.27. The Bertz CT molecular complexity index is 1930. The van der Waals surface area contributed by atoms with Gasteiger partial charge in [0.1, 0.15) is 10.9 Å². The molecule has 0 aliphatic rings. The van der Waals surface area contributed by atoms with Gasteiger partial charge in [-0.2, -0.15) is 0 Å². The molecule has 5 aromatic rings. The molecule has 0 radical (unpaired) electrons. The number of nitrogens with one attached hydrogen (secondary N) is 3. The van der Waals surface area contributed by atoms with E-state index in [0.29, 0.717) is 21.8 Å². The van der Waals surface area contributed by atoms with Crippen LogP contribution in [-0.4, -0.2) is 22.6 Å². The SMILES string of the molecule is Cc1cccc(/C=C(/NC(=O)c2ccccc2)C(=O)Nc2cccc(SC(C(=O)Nc3ccc([N+](=O)[O-])cc3)c3ccccc3)c2)c1. The quantitative estimate of drug-likeness (QED) is 0.0584. The lowest BCUT2D eigenvalue weighted by molar-refractivity contribution is -0.384. The molecule has 1 unspecified atom stereocenters. The maximum atomic E-state index is 13.6. The molecule has 1 atom stereocenters. The number of aryl methyl sites for hydroxylation is 1. The zero-order chi connectivity index (χ0) is 33.2.